The van der Waals surface area contributed by atoms with E-state index in [9.17, 15) is 9.59 Å². The van der Waals surface area contributed by atoms with Crippen LogP contribution in [0.25, 0.3) is 0 Å². The summed E-state index contributed by atoms with van der Waals surface area (Å²) < 4.78 is 0. The van der Waals surface area contributed by atoms with Crippen molar-refractivity contribution in [2.24, 2.45) is 5.92 Å². The third kappa shape index (κ3) is 4.82. The Labute approximate surface area is 95.1 Å². The molecule has 5 nitrogen and oxygen atoms in total. The zero-order valence-electron chi connectivity index (χ0n) is 9.32. The lowest BCUT2D eigenvalue weighted by Crippen LogP contribution is -2.43. The molecule has 0 aromatic carbocycles. The van der Waals surface area contributed by atoms with Crippen molar-refractivity contribution in [3.8, 4) is 0 Å². The molecule has 0 spiro atoms. The van der Waals surface area contributed by atoms with Gasteiger partial charge in [-0.1, -0.05) is 18.9 Å². The highest BCUT2D eigenvalue weighted by atomic mass is 16.4. The molecule has 0 radical (unpaired) electrons. The summed E-state index contributed by atoms with van der Waals surface area (Å²) in [5.74, 6) is -0.258. The normalized spacial score (nSPS) is 14.2. The molecule has 0 atom stereocenters. The average molecular weight is 226 g/mol. The minimum absolute atomic E-state index is 0.252. The molecule has 2 amide bonds. The minimum atomic E-state index is -1.01. The first-order chi connectivity index (χ1) is 7.63. The van der Waals surface area contributed by atoms with Crippen LogP contribution in [0.3, 0.4) is 0 Å². The third-order valence-corrected chi connectivity index (χ3v) is 2.49. The van der Waals surface area contributed by atoms with Gasteiger partial charge in [-0.2, -0.15) is 0 Å². The minimum Gasteiger partial charge on any atom is -0.480 e. The SMILES string of the molecule is C=CCN(CC(=O)O)C(=O)NCCC1CC1. The summed E-state index contributed by atoms with van der Waals surface area (Å²) in [5, 5.41) is 11.3. The van der Waals surface area contributed by atoms with Crippen molar-refractivity contribution in [3.05, 3.63) is 12.7 Å². The summed E-state index contributed by atoms with van der Waals surface area (Å²) >= 11 is 0. The quantitative estimate of drug-likeness (QED) is 0.638. The molecule has 5 heteroatoms. The number of hydrogen-bond acceptors (Lipinski definition) is 2. The van der Waals surface area contributed by atoms with Crippen LogP contribution in [-0.2, 0) is 4.79 Å². The monoisotopic (exact) mass is 226 g/mol. The largest absolute Gasteiger partial charge is 0.480 e. The maximum Gasteiger partial charge on any atom is 0.323 e. The molecule has 16 heavy (non-hydrogen) atoms. The van der Waals surface area contributed by atoms with E-state index in [4.69, 9.17) is 5.11 Å². The Bertz CT molecular complexity index is 274. The van der Waals surface area contributed by atoms with E-state index in [0.29, 0.717) is 6.54 Å². The van der Waals surface area contributed by atoms with Crippen LogP contribution in [0.5, 0.6) is 0 Å². The number of carboxylic acids is 1. The van der Waals surface area contributed by atoms with Gasteiger partial charge in [-0.15, -0.1) is 6.58 Å². The van der Waals surface area contributed by atoms with Gasteiger partial charge < -0.3 is 15.3 Å². The Morgan fingerprint density at radius 1 is 1.50 bits per heavy atom. The van der Waals surface area contributed by atoms with Crippen molar-refractivity contribution < 1.29 is 14.7 Å². The topological polar surface area (TPSA) is 69.6 Å². The van der Waals surface area contributed by atoms with Crippen molar-refractivity contribution >= 4 is 12.0 Å². The number of nitrogens with one attached hydrogen (secondary N) is 1. The summed E-state index contributed by atoms with van der Waals surface area (Å²) in [6, 6.07) is -0.331. The lowest BCUT2D eigenvalue weighted by molar-refractivity contribution is -0.137. The first-order valence-electron chi connectivity index (χ1n) is 5.49. The summed E-state index contributed by atoms with van der Waals surface area (Å²) in [5.41, 5.74) is 0. The zero-order valence-corrected chi connectivity index (χ0v) is 9.32. The van der Waals surface area contributed by atoms with E-state index in [1.54, 1.807) is 0 Å². The highest BCUT2D eigenvalue weighted by Gasteiger charge is 2.21. The van der Waals surface area contributed by atoms with Gasteiger partial charge in [0.25, 0.3) is 0 Å². The number of carbonyl (C=O) groups excluding carboxylic acids is 1. The average Bonchev–Trinajstić information content (AvgIpc) is 3.00. The summed E-state index contributed by atoms with van der Waals surface area (Å²) in [6.45, 7) is 4.08. The molecule has 1 fully saturated rings. The van der Waals surface area contributed by atoms with Crippen LogP contribution in [0.15, 0.2) is 12.7 Å². The second-order valence-corrected chi connectivity index (χ2v) is 4.03. The number of nitrogens with zero attached hydrogens (tertiary/aromatic N) is 1. The van der Waals surface area contributed by atoms with Gasteiger partial charge in [0.2, 0.25) is 0 Å². The molecule has 2 N–H and O–H groups in total. The van der Waals surface area contributed by atoms with Crippen molar-refractivity contribution in [2.75, 3.05) is 19.6 Å². The Balaban J connectivity index is 2.26. The van der Waals surface area contributed by atoms with Gasteiger partial charge in [-0.25, -0.2) is 4.79 Å². The maximum absolute atomic E-state index is 11.6. The Kier molecular flexibility index (Phi) is 4.82. The second-order valence-electron chi connectivity index (χ2n) is 4.03. The van der Waals surface area contributed by atoms with Crippen LogP contribution >= 0.6 is 0 Å². The van der Waals surface area contributed by atoms with E-state index in [0.717, 1.165) is 12.3 Å². The summed E-state index contributed by atoms with van der Waals surface area (Å²) in [7, 11) is 0. The standard InChI is InChI=1S/C11H18N2O3/c1-2-7-13(8-10(14)15)11(16)12-6-5-9-3-4-9/h2,9H,1,3-8H2,(H,12,16)(H,14,15). The van der Waals surface area contributed by atoms with Gasteiger partial charge >= 0.3 is 12.0 Å². The molecular formula is C11H18N2O3. The number of amides is 2. The van der Waals surface area contributed by atoms with Gasteiger partial charge in [0, 0.05) is 13.1 Å². The lowest BCUT2D eigenvalue weighted by Gasteiger charge is -2.19. The van der Waals surface area contributed by atoms with E-state index in [-0.39, 0.29) is 19.1 Å². The molecule has 0 aromatic heterocycles. The first-order valence-corrected chi connectivity index (χ1v) is 5.49. The fourth-order valence-corrected chi connectivity index (χ4v) is 1.44. The van der Waals surface area contributed by atoms with Crippen LogP contribution in [0.2, 0.25) is 0 Å². The van der Waals surface area contributed by atoms with Crippen LogP contribution in [0, 0.1) is 5.92 Å². The van der Waals surface area contributed by atoms with E-state index < -0.39 is 5.97 Å². The van der Waals surface area contributed by atoms with Gasteiger partial charge in [0.05, 0.1) is 0 Å². The third-order valence-electron chi connectivity index (χ3n) is 2.49. The van der Waals surface area contributed by atoms with Gasteiger partial charge in [0.15, 0.2) is 0 Å². The smallest absolute Gasteiger partial charge is 0.323 e. The van der Waals surface area contributed by atoms with Crippen molar-refractivity contribution in [2.45, 2.75) is 19.3 Å². The second kappa shape index (κ2) is 6.15. The van der Waals surface area contributed by atoms with Gasteiger partial charge in [0.1, 0.15) is 6.54 Å². The predicted molar refractivity (Wildman–Crippen MR) is 60.1 cm³/mol. The zero-order chi connectivity index (χ0) is 12.0. The first kappa shape index (κ1) is 12.5. The predicted octanol–water partition coefficient (Wildman–Crippen LogP) is 1.07. The van der Waals surface area contributed by atoms with Crippen molar-refractivity contribution in [1.29, 1.82) is 0 Å². The number of aliphatic carboxylic acids is 1. The molecule has 1 aliphatic rings. The lowest BCUT2D eigenvalue weighted by atomic mass is 10.3. The Hall–Kier alpha value is -1.52. The highest BCUT2D eigenvalue weighted by molar-refractivity contribution is 5.80. The van der Waals surface area contributed by atoms with E-state index in [2.05, 4.69) is 11.9 Å². The van der Waals surface area contributed by atoms with E-state index >= 15 is 0 Å². The number of rotatable bonds is 7. The molecule has 1 rings (SSSR count). The Morgan fingerprint density at radius 2 is 2.19 bits per heavy atom. The Morgan fingerprint density at radius 3 is 2.69 bits per heavy atom. The molecule has 0 heterocycles. The fourth-order valence-electron chi connectivity index (χ4n) is 1.44. The fraction of sp³-hybridized carbons (Fsp3) is 0.636. The number of carboxylic acid groups (broad SMARTS) is 1. The molecule has 0 aromatic rings. The molecule has 1 saturated carbocycles. The molecule has 0 bridgehead atoms. The van der Waals surface area contributed by atoms with Crippen molar-refractivity contribution in [1.82, 2.24) is 10.2 Å². The van der Waals surface area contributed by atoms with Gasteiger partial charge in [-0.05, 0) is 12.3 Å². The number of urea groups is 1. The number of carbonyl (C=O) groups is 2. The number of hydrogen-bond donors (Lipinski definition) is 2. The molecule has 0 unspecified atom stereocenters. The van der Waals surface area contributed by atoms with Crippen LogP contribution in [0.4, 0.5) is 4.79 Å². The summed E-state index contributed by atoms with van der Waals surface area (Å²) in [4.78, 5) is 23.3. The van der Waals surface area contributed by atoms with Crippen LogP contribution in [0.1, 0.15) is 19.3 Å². The highest BCUT2D eigenvalue weighted by Crippen LogP contribution is 2.31. The molecule has 0 aliphatic heterocycles. The molecular weight excluding hydrogens is 208 g/mol. The molecule has 90 valence electrons. The van der Waals surface area contributed by atoms with E-state index in [1.165, 1.54) is 23.8 Å². The maximum atomic E-state index is 11.6. The van der Waals surface area contributed by atoms with Gasteiger partial charge in [-0.3, -0.25) is 4.79 Å². The van der Waals surface area contributed by atoms with E-state index in [1.807, 2.05) is 0 Å². The summed E-state index contributed by atoms with van der Waals surface area (Å²) in [6.07, 6.45) is 5.01. The molecule has 0 saturated heterocycles. The molecule has 1 aliphatic carbocycles. The van der Waals surface area contributed by atoms with Crippen LogP contribution in [-0.4, -0.2) is 41.6 Å². The van der Waals surface area contributed by atoms with Crippen molar-refractivity contribution in [3.63, 3.8) is 0 Å². The van der Waals surface area contributed by atoms with Crippen LogP contribution < -0.4 is 5.32 Å².